The number of ether oxygens (including phenoxy) is 1. The Hall–Kier alpha value is -2.83. The van der Waals surface area contributed by atoms with Crippen molar-refractivity contribution in [3.05, 3.63) is 39.7 Å². The van der Waals surface area contributed by atoms with Gasteiger partial charge in [0.2, 0.25) is 0 Å². The third-order valence-electron chi connectivity index (χ3n) is 3.00. The Balaban J connectivity index is 2.89. The Morgan fingerprint density at radius 3 is 2.50 bits per heavy atom. The van der Waals surface area contributed by atoms with E-state index in [1.807, 2.05) is 0 Å². The highest BCUT2D eigenvalue weighted by atomic mass is 16.5. The van der Waals surface area contributed by atoms with Crippen LogP contribution in [-0.2, 0) is 11.8 Å². The molecule has 0 aliphatic heterocycles. The molecule has 0 aliphatic carbocycles. The van der Waals surface area contributed by atoms with Crippen LogP contribution in [0.25, 0.3) is 10.9 Å². The lowest BCUT2D eigenvalue weighted by molar-refractivity contribution is 0.0599. The second kappa shape index (κ2) is 4.69. The third kappa shape index (κ3) is 1.89. The van der Waals surface area contributed by atoms with Crippen molar-refractivity contribution in [1.82, 2.24) is 4.57 Å². The average molecular weight is 277 g/mol. The number of hydrogen-bond donors (Lipinski definition) is 2. The van der Waals surface area contributed by atoms with Gasteiger partial charge in [-0.1, -0.05) is 0 Å². The SMILES string of the molecule is COC(=O)c1ccc2c(O)c(C(=O)O)c(=O)n(C)c2c1. The highest BCUT2D eigenvalue weighted by Gasteiger charge is 2.21. The molecule has 1 aromatic carbocycles. The van der Waals surface area contributed by atoms with Crippen LogP contribution in [0.4, 0.5) is 0 Å². The van der Waals surface area contributed by atoms with Crippen molar-refractivity contribution < 1.29 is 24.5 Å². The first-order valence-corrected chi connectivity index (χ1v) is 5.55. The molecular weight excluding hydrogens is 266 g/mol. The number of pyridine rings is 1. The molecule has 0 spiro atoms. The van der Waals surface area contributed by atoms with E-state index in [-0.39, 0.29) is 16.5 Å². The molecule has 0 atom stereocenters. The molecule has 1 heterocycles. The number of benzene rings is 1. The van der Waals surface area contributed by atoms with E-state index in [0.717, 1.165) is 4.57 Å². The molecule has 0 bridgehead atoms. The fraction of sp³-hybridized carbons (Fsp3) is 0.154. The van der Waals surface area contributed by atoms with Gasteiger partial charge in [0.15, 0.2) is 5.56 Å². The number of carboxylic acids is 1. The molecular formula is C13H11NO6. The molecule has 2 rings (SSSR count). The van der Waals surface area contributed by atoms with E-state index in [4.69, 9.17) is 5.11 Å². The van der Waals surface area contributed by atoms with Gasteiger partial charge in [0.25, 0.3) is 5.56 Å². The zero-order valence-electron chi connectivity index (χ0n) is 10.7. The summed E-state index contributed by atoms with van der Waals surface area (Å²) >= 11 is 0. The number of hydrogen-bond acceptors (Lipinski definition) is 5. The largest absolute Gasteiger partial charge is 0.506 e. The lowest BCUT2D eigenvalue weighted by Crippen LogP contribution is -2.24. The fourth-order valence-corrected chi connectivity index (χ4v) is 1.96. The number of carboxylic acid groups (broad SMARTS) is 1. The number of methoxy groups -OCH3 is 1. The first-order valence-electron chi connectivity index (χ1n) is 5.55. The number of fused-ring (bicyclic) bond motifs is 1. The third-order valence-corrected chi connectivity index (χ3v) is 3.00. The Labute approximate surface area is 112 Å². The van der Waals surface area contributed by atoms with Crippen molar-refractivity contribution >= 4 is 22.8 Å². The van der Waals surface area contributed by atoms with E-state index in [2.05, 4.69) is 4.74 Å². The van der Waals surface area contributed by atoms with E-state index in [1.165, 1.54) is 32.4 Å². The van der Waals surface area contributed by atoms with E-state index < -0.39 is 28.8 Å². The van der Waals surface area contributed by atoms with Crippen LogP contribution in [-0.4, -0.2) is 33.8 Å². The van der Waals surface area contributed by atoms with Crippen molar-refractivity contribution in [2.45, 2.75) is 0 Å². The molecule has 7 heteroatoms. The number of carbonyl (C=O) groups is 2. The van der Waals surface area contributed by atoms with Gasteiger partial charge in [0.05, 0.1) is 18.2 Å². The van der Waals surface area contributed by atoms with E-state index in [0.29, 0.717) is 0 Å². The molecule has 1 aromatic heterocycles. The van der Waals surface area contributed by atoms with Crippen molar-refractivity contribution in [1.29, 1.82) is 0 Å². The minimum Gasteiger partial charge on any atom is -0.506 e. The minimum atomic E-state index is -1.51. The normalized spacial score (nSPS) is 10.5. The first kappa shape index (κ1) is 13.6. The van der Waals surface area contributed by atoms with Gasteiger partial charge >= 0.3 is 11.9 Å². The number of rotatable bonds is 2. The molecule has 2 N–H and O–H groups in total. The Morgan fingerprint density at radius 2 is 1.95 bits per heavy atom. The average Bonchev–Trinajstić information content (AvgIpc) is 2.43. The van der Waals surface area contributed by atoms with Crippen molar-refractivity contribution in [3.63, 3.8) is 0 Å². The summed E-state index contributed by atoms with van der Waals surface area (Å²) in [7, 11) is 2.58. The van der Waals surface area contributed by atoms with Gasteiger partial charge in [0, 0.05) is 12.4 Å². The van der Waals surface area contributed by atoms with Crippen LogP contribution >= 0.6 is 0 Å². The second-order valence-corrected chi connectivity index (χ2v) is 4.12. The van der Waals surface area contributed by atoms with Crippen LogP contribution in [0.3, 0.4) is 0 Å². The number of aromatic hydroxyl groups is 1. The lowest BCUT2D eigenvalue weighted by Gasteiger charge is -2.10. The Kier molecular flexibility index (Phi) is 3.19. The van der Waals surface area contributed by atoms with Crippen LogP contribution in [0.5, 0.6) is 5.75 Å². The maximum Gasteiger partial charge on any atom is 0.345 e. The molecule has 0 unspecified atom stereocenters. The molecule has 0 saturated carbocycles. The quantitative estimate of drug-likeness (QED) is 0.784. The molecule has 0 aliphatic rings. The molecule has 7 nitrogen and oxygen atoms in total. The van der Waals surface area contributed by atoms with Gasteiger partial charge < -0.3 is 19.5 Å². The zero-order chi connectivity index (χ0) is 15.0. The van der Waals surface area contributed by atoms with Gasteiger partial charge in [0.1, 0.15) is 5.75 Å². The molecule has 0 amide bonds. The molecule has 0 saturated heterocycles. The summed E-state index contributed by atoms with van der Waals surface area (Å²) < 4.78 is 5.63. The van der Waals surface area contributed by atoms with Crippen molar-refractivity contribution in [2.75, 3.05) is 7.11 Å². The van der Waals surface area contributed by atoms with Crippen LogP contribution in [0, 0.1) is 0 Å². The maximum atomic E-state index is 11.9. The van der Waals surface area contributed by atoms with E-state index in [9.17, 15) is 19.5 Å². The number of aromatic carboxylic acids is 1. The van der Waals surface area contributed by atoms with Gasteiger partial charge in [-0.2, -0.15) is 0 Å². The number of aryl methyl sites for hydroxylation is 1. The van der Waals surface area contributed by atoms with Gasteiger partial charge in [-0.25, -0.2) is 9.59 Å². The van der Waals surface area contributed by atoms with Crippen LogP contribution < -0.4 is 5.56 Å². The van der Waals surface area contributed by atoms with Gasteiger partial charge in [-0.05, 0) is 18.2 Å². The van der Waals surface area contributed by atoms with Crippen molar-refractivity contribution in [3.8, 4) is 5.75 Å². The predicted octanol–water partition coefficient (Wildman–Crippen LogP) is 0.729. The summed E-state index contributed by atoms with van der Waals surface area (Å²) in [6.45, 7) is 0. The lowest BCUT2D eigenvalue weighted by atomic mass is 10.1. The summed E-state index contributed by atoms with van der Waals surface area (Å²) in [6.07, 6.45) is 0. The van der Waals surface area contributed by atoms with Crippen LogP contribution in [0.2, 0.25) is 0 Å². The standard InChI is InChI=1S/C13H11NO6/c1-14-8-5-6(13(19)20-2)3-4-7(8)10(15)9(11(14)16)12(17)18/h3-5,15H,1-2H3,(H,17,18). The highest BCUT2D eigenvalue weighted by Crippen LogP contribution is 2.26. The smallest absolute Gasteiger partial charge is 0.345 e. The Bertz CT molecular complexity index is 790. The highest BCUT2D eigenvalue weighted by molar-refractivity contribution is 6.01. The molecule has 0 radical (unpaired) electrons. The summed E-state index contributed by atoms with van der Waals surface area (Å²) in [5.74, 6) is -2.73. The summed E-state index contributed by atoms with van der Waals surface area (Å²) in [6, 6.07) is 4.10. The second-order valence-electron chi connectivity index (χ2n) is 4.12. The topological polar surface area (TPSA) is 106 Å². The van der Waals surface area contributed by atoms with Gasteiger partial charge in [-0.3, -0.25) is 4.79 Å². The van der Waals surface area contributed by atoms with E-state index in [1.54, 1.807) is 0 Å². The summed E-state index contributed by atoms with van der Waals surface area (Å²) in [5, 5.41) is 19.0. The minimum absolute atomic E-state index is 0.164. The number of esters is 1. The van der Waals surface area contributed by atoms with Crippen LogP contribution in [0.15, 0.2) is 23.0 Å². The summed E-state index contributed by atoms with van der Waals surface area (Å²) in [5.41, 5.74) is -1.13. The fourth-order valence-electron chi connectivity index (χ4n) is 1.96. The molecule has 20 heavy (non-hydrogen) atoms. The number of nitrogens with zero attached hydrogens (tertiary/aromatic N) is 1. The Morgan fingerprint density at radius 1 is 1.30 bits per heavy atom. The van der Waals surface area contributed by atoms with Crippen LogP contribution in [0.1, 0.15) is 20.7 Å². The predicted molar refractivity (Wildman–Crippen MR) is 69.2 cm³/mol. The number of aromatic nitrogens is 1. The number of carbonyl (C=O) groups excluding carboxylic acids is 1. The summed E-state index contributed by atoms with van der Waals surface area (Å²) in [4.78, 5) is 34.4. The maximum absolute atomic E-state index is 11.9. The molecule has 104 valence electrons. The molecule has 2 aromatic rings. The molecule has 0 fully saturated rings. The first-order chi connectivity index (χ1) is 9.38. The monoisotopic (exact) mass is 277 g/mol. The zero-order valence-corrected chi connectivity index (χ0v) is 10.7. The van der Waals surface area contributed by atoms with Gasteiger partial charge in [-0.15, -0.1) is 0 Å². The van der Waals surface area contributed by atoms with E-state index >= 15 is 0 Å². The van der Waals surface area contributed by atoms with Crippen molar-refractivity contribution in [2.24, 2.45) is 7.05 Å².